The zero-order chi connectivity index (χ0) is 22.7. The van der Waals surface area contributed by atoms with Crippen molar-refractivity contribution >= 4 is 23.5 Å². The lowest BCUT2D eigenvalue weighted by Crippen LogP contribution is -2.53. The number of hydrazine groups is 1. The van der Waals surface area contributed by atoms with Crippen LogP contribution in [0.2, 0.25) is 0 Å². The van der Waals surface area contributed by atoms with Crippen LogP contribution in [0.4, 0.5) is 10.5 Å². The van der Waals surface area contributed by atoms with E-state index in [1.165, 1.54) is 0 Å². The first-order chi connectivity index (χ1) is 15.4. The van der Waals surface area contributed by atoms with E-state index in [4.69, 9.17) is 0 Å². The van der Waals surface area contributed by atoms with Crippen LogP contribution in [0.5, 0.6) is 5.75 Å². The highest BCUT2D eigenvalue weighted by molar-refractivity contribution is 6.08. The maximum Gasteiger partial charge on any atom is 0.344 e. The first-order valence-electron chi connectivity index (χ1n) is 10.7. The number of imide groups is 1. The molecule has 2 saturated heterocycles. The monoisotopic (exact) mass is 437 g/mol. The zero-order valence-electron chi connectivity index (χ0n) is 18.0. The molecule has 0 saturated carbocycles. The van der Waals surface area contributed by atoms with Crippen molar-refractivity contribution in [2.75, 3.05) is 37.6 Å². The minimum atomic E-state index is -1.19. The highest BCUT2D eigenvalue weighted by Gasteiger charge is 2.52. The second-order valence-electron chi connectivity index (χ2n) is 7.98. The van der Waals surface area contributed by atoms with Crippen molar-refractivity contribution in [3.63, 3.8) is 0 Å². The fourth-order valence-corrected chi connectivity index (χ4v) is 4.28. The largest absolute Gasteiger partial charge is 0.506 e. The zero-order valence-corrected chi connectivity index (χ0v) is 18.0. The number of carbonyl (C=O) groups is 3. The van der Waals surface area contributed by atoms with E-state index in [9.17, 15) is 19.5 Å². The summed E-state index contributed by atoms with van der Waals surface area (Å²) in [7, 11) is 0. The molecule has 3 N–H and O–H groups in total. The molecule has 32 heavy (non-hydrogen) atoms. The number of piperazine rings is 1. The first-order valence-corrected chi connectivity index (χ1v) is 10.7. The molecule has 2 fully saturated rings. The van der Waals surface area contributed by atoms with Crippen molar-refractivity contribution in [1.29, 1.82) is 0 Å². The molecule has 0 aromatic heterocycles. The van der Waals surface area contributed by atoms with Crippen LogP contribution in [0.25, 0.3) is 0 Å². The number of carbonyl (C=O) groups excluding carboxylic acids is 3. The molecule has 0 spiro atoms. The summed E-state index contributed by atoms with van der Waals surface area (Å²) in [6.45, 7) is 4.42. The third kappa shape index (κ3) is 3.99. The van der Waals surface area contributed by atoms with E-state index in [1.54, 1.807) is 24.3 Å². The third-order valence-corrected chi connectivity index (χ3v) is 6.09. The number of urea groups is 1. The molecule has 2 aromatic carbocycles. The minimum absolute atomic E-state index is 0.0656. The van der Waals surface area contributed by atoms with Gasteiger partial charge in [0.25, 0.3) is 11.8 Å². The number of phenols is 1. The fourth-order valence-electron chi connectivity index (χ4n) is 4.28. The summed E-state index contributed by atoms with van der Waals surface area (Å²) in [4.78, 5) is 42.3. The van der Waals surface area contributed by atoms with Crippen molar-refractivity contribution in [1.82, 2.24) is 20.7 Å². The van der Waals surface area contributed by atoms with Crippen molar-refractivity contribution < 1.29 is 19.5 Å². The van der Waals surface area contributed by atoms with Gasteiger partial charge in [-0.25, -0.2) is 4.79 Å². The number of hydrogen-bond donors (Lipinski definition) is 3. The van der Waals surface area contributed by atoms with Gasteiger partial charge in [0.1, 0.15) is 11.3 Å². The van der Waals surface area contributed by atoms with Gasteiger partial charge in [0, 0.05) is 26.2 Å². The summed E-state index contributed by atoms with van der Waals surface area (Å²) in [5.74, 6) is -0.687. The van der Waals surface area contributed by atoms with Crippen molar-refractivity contribution in [2.45, 2.75) is 18.9 Å². The Balaban J connectivity index is 1.35. The van der Waals surface area contributed by atoms with Crippen molar-refractivity contribution in [2.24, 2.45) is 0 Å². The summed E-state index contributed by atoms with van der Waals surface area (Å²) in [5, 5.41) is 13.6. The van der Waals surface area contributed by atoms with Gasteiger partial charge in [0.15, 0.2) is 0 Å². The summed E-state index contributed by atoms with van der Waals surface area (Å²) >= 11 is 0. The molecule has 0 aliphatic carbocycles. The summed E-state index contributed by atoms with van der Waals surface area (Å²) < 4.78 is 0. The second-order valence-corrected chi connectivity index (χ2v) is 7.98. The SMILES string of the molecule is CCC1(c2ccccc2)NC(=O)N(NC(=O)CN2CCN(c3ccccc3O)CC2)C1=O. The van der Waals surface area contributed by atoms with Gasteiger partial charge in [-0.2, -0.15) is 5.01 Å². The lowest BCUT2D eigenvalue weighted by atomic mass is 9.87. The Morgan fingerprint density at radius 3 is 2.34 bits per heavy atom. The van der Waals surface area contributed by atoms with E-state index >= 15 is 0 Å². The van der Waals surface area contributed by atoms with E-state index in [2.05, 4.69) is 15.6 Å². The molecule has 1 unspecified atom stereocenters. The number of aromatic hydroxyl groups is 1. The van der Waals surface area contributed by atoms with Gasteiger partial charge in [-0.3, -0.25) is 19.9 Å². The van der Waals surface area contributed by atoms with Gasteiger partial charge in [-0.05, 0) is 24.1 Å². The van der Waals surface area contributed by atoms with Crippen LogP contribution in [0.1, 0.15) is 18.9 Å². The van der Waals surface area contributed by atoms with E-state index in [-0.39, 0.29) is 12.3 Å². The third-order valence-electron chi connectivity index (χ3n) is 6.09. The molecule has 2 aliphatic heterocycles. The van der Waals surface area contributed by atoms with E-state index in [0.29, 0.717) is 38.2 Å². The Labute approximate surface area is 186 Å². The Bertz CT molecular complexity index is 1010. The molecular weight excluding hydrogens is 410 g/mol. The minimum Gasteiger partial charge on any atom is -0.506 e. The molecule has 2 heterocycles. The van der Waals surface area contributed by atoms with Crippen LogP contribution in [0.3, 0.4) is 0 Å². The predicted molar refractivity (Wildman–Crippen MR) is 119 cm³/mol. The molecule has 9 heteroatoms. The number of benzene rings is 2. The van der Waals surface area contributed by atoms with Gasteiger partial charge in [-0.1, -0.05) is 49.4 Å². The van der Waals surface area contributed by atoms with Crippen LogP contribution in [-0.4, -0.2) is 65.6 Å². The number of rotatable bonds is 6. The number of nitrogens with zero attached hydrogens (tertiary/aromatic N) is 3. The molecule has 0 radical (unpaired) electrons. The van der Waals surface area contributed by atoms with E-state index < -0.39 is 23.4 Å². The maximum absolute atomic E-state index is 13.1. The number of amides is 4. The molecule has 2 aliphatic rings. The Morgan fingerprint density at radius 1 is 1.03 bits per heavy atom. The predicted octanol–water partition coefficient (Wildman–Crippen LogP) is 1.40. The Kier molecular flexibility index (Phi) is 6.00. The number of phenolic OH excluding ortho intramolecular Hbond substituents is 1. The fraction of sp³-hybridized carbons (Fsp3) is 0.348. The molecule has 1 atom stereocenters. The molecule has 4 rings (SSSR count). The van der Waals surface area contributed by atoms with Crippen LogP contribution >= 0.6 is 0 Å². The molecule has 2 aromatic rings. The standard InChI is InChI=1S/C23H27N5O4/c1-2-23(17-8-4-3-5-9-17)21(31)28(22(32)24-23)25-20(30)16-26-12-14-27(15-13-26)18-10-6-7-11-19(18)29/h3-11,29H,2,12-16H2,1H3,(H,24,32)(H,25,30). The smallest absolute Gasteiger partial charge is 0.344 e. The lowest BCUT2D eigenvalue weighted by Gasteiger charge is -2.36. The van der Waals surface area contributed by atoms with Gasteiger partial charge in [0.05, 0.1) is 12.2 Å². The average molecular weight is 438 g/mol. The van der Waals surface area contributed by atoms with Gasteiger partial charge in [-0.15, -0.1) is 0 Å². The average Bonchev–Trinajstić information content (AvgIpc) is 3.06. The Morgan fingerprint density at radius 2 is 1.69 bits per heavy atom. The van der Waals surface area contributed by atoms with Crippen molar-refractivity contribution in [3.8, 4) is 5.75 Å². The Hall–Kier alpha value is -3.59. The number of nitrogens with one attached hydrogen (secondary N) is 2. The molecule has 0 bridgehead atoms. The highest BCUT2D eigenvalue weighted by atomic mass is 16.3. The highest BCUT2D eigenvalue weighted by Crippen LogP contribution is 2.31. The van der Waals surface area contributed by atoms with Crippen LogP contribution in [0, 0.1) is 0 Å². The number of anilines is 1. The van der Waals surface area contributed by atoms with Gasteiger partial charge in [0.2, 0.25) is 0 Å². The second kappa shape index (κ2) is 8.88. The maximum atomic E-state index is 13.1. The molecule has 9 nitrogen and oxygen atoms in total. The van der Waals surface area contributed by atoms with Gasteiger partial charge >= 0.3 is 6.03 Å². The number of hydrogen-bond acceptors (Lipinski definition) is 6. The first kappa shape index (κ1) is 21.6. The van der Waals surface area contributed by atoms with Crippen LogP contribution in [0.15, 0.2) is 54.6 Å². The summed E-state index contributed by atoms with van der Waals surface area (Å²) in [5.41, 5.74) is 2.74. The molecule has 4 amide bonds. The van der Waals surface area contributed by atoms with E-state index in [0.717, 1.165) is 10.7 Å². The summed E-state index contributed by atoms with van der Waals surface area (Å²) in [6, 6.07) is 15.6. The van der Waals surface area contributed by atoms with Gasteiger partial charge < -0.3 is 15.3 Å². The lowest BCUT2D eigenvalue weighted by molar-refractivity contribution is -0.139. The topological polar surface area (TPSA) is 105 Å². The number of para-hydroxylation sites is 2. The normalized spacial score (nSPS) is 21.5. The van der Waals surface area contributed by atoms with Crippen LogP contribution < -0.4 is 15.6 Å². The summed E-state index contributed by atoms with van der Waals surface area (Å²) in [6.07, 6.45) is 0.363. The molecular formula is C23H27N5O4. The van der Waals surface area contributed by atoms with Crippen molar-refractivity contribution in [3.05, 3.63) is 60.2 Å². The quantitative estimate of drug-likeness (QED) is 0.590. The van der Waals surface area contributed by atoms with Crippen LogP contribution in [-0.2, 0) is 15.1 Å². The molecule has 168 valence electrons. The van der Waals surface area contributed by atoms with E-state index in [1.807, 2.05) is 42.2 Å².